The van der Waals surface area contributed by atoms with Gasteiger partial charge in [0.2, 0.25) is 0 Å². The summed E-state index contributed by atoms with van der Waals surface area (Å²) in [5.41, 5.74) is 2.40. The van der Waals surface area contributed by atoms with Gasteiger partial charge in [-0.1, -0.05) is 11.3 Å². The Morgan fingerprint density at radius 1 is 1.29 bits per heavy atom. The van der Waals surface area contributed by atoms with Crippen LogP contribution in [0.2, 0.25) is 0 Å². The first-order valence-corrected chi connectivity index (χ1v) is 9.97. The summed E-state index contributed by atoms with van der Waals surface area (Å²) in [6.07, 6.45) is 0. The number of aromatic nitrogens is 1. The van der Waals surface area contributed by atoms with E-state index in [1.54, 1.807) is 11.3 Å². The summed E-state index contributed by atoms with van der Waals surface area (Å²) >= 11 is 6.52. The van der Waals surface area contributed by atoms with Crippen LogP contribution in [0.15, 0.2) is 33.4 Å². The van der Waals surface area contributed by atoms with Crippen molar-refractivity contribution in [2.24, 2.45) is 0 Å². The number of anilines is 2. The minimum Gasteiger partial charge on any atom is -0.378 e. The number of carbonyl (C=O) groups is 1. The predicted molar refractivity (Wildman–Crippen MR) is 103 cm³/mol. The van der Waals surface area contributed by atoms with Crippen molar-refractivity contribution in [3.05, 3.63) is 39.0 Å². The molecule has 8 heteroatoms. The van der Waals surface area contributed by atoms with Crippen molar-refractivity contribution >= 4 is 65.5 Å². The molecule has 0 radical (unpaired) electrons. The highest BCUT2D eigenvalue weighted by Gasteiger charge is 2.16. The zero-order valence-electron chi connectivity index (χ0n) is 12.6. The number of morpholine rings is 1. The number of carbonyl (C=O) groups excluding carboxylic acids is 1. The summed E-state index contributed by atoms with van der Waals surface area (Å²) in [6, 6.07) is 7.65. The lowest BCUT2D eigenvalue weighted by atomic mass is 10.2. The number of hydrogen-bond acceptors (Lipinski definition) is 6. The van der Waals surface area contributed by atoms with E-state index >= 15 is 0 Å². The highest BCUT2D eigenvalue weighted by Crippen LogP contribution is 2.31. The minimum absolute atomic E-state index is 0.103. The summed E-state index contributed by atoms with van der Waals surface area (Å²) in [5, 5.41) is 5.79. The van der Waals surface area contributed by atoms with E-state index in [1.165, 1.54) is 11.3 Å². The molecule has 1 N–H and O–H groups in total. The van der Waals surface area contributed by atoms with Crippen LogP contribution in [0.3, 0.4) is 0 Å². The monoisotopic (exact) mass is 423 g/mol. The van der Waals surface area contributed by atoms with E-state index in [0.717, 1.165) is 51.1 Å². The molecule has 1 aromatic carbocycles. The number of ether oxygens (including phenoxy) is 1. The van der Waals surface area contributed by atoms with E-state index in [9.17, 15) is 4.79 Å². The number of nitrogens with one attached hydrogen (secondary N) is 1. The van der Waals surface area contributed by atoms with E-state index in [0.29, 0.717) is 5.56 Å². The number of halogens is 1. The lowest BCUT2D eigenvalue weighted by molar-refractivity contribution is 0.102. The highest BCUT2D eigenvalue weighted by atomic mass is 79.9. The van der Waals surface area contributed by atoms with Crippen molar-refractivity contribution in [3.8, 4) is 0 Å². The standard InChI is InChI=1S/C16H14BrN3O2S2/c17-14-7-10(9-23-14)15(21)18-11-1-2-12-13(8-11)24-16(19-12)20-3-5-22-6-4-20/h1-2,7-9H,3-6H2,(H,18,21). The van der Waals surface area contributed by atoms with Gasteiger partial charge in [0.1, 0.15) is 0 Å². The smallest absolute Gasteiger partial charge is 0.256 e. The van der Waals surface area contributed by atoms with Gasteiger partial charge in [-0.15, -0.1) is 11.3 Å². The molecule has 1 amide bonds. The summed E-state index contributed by atoms with van der Waals surface area (Å²) in [6.45, 7) is 3.23. The van der Waals surface area contributed by atoms with E-state index in [2.05, 4.69) is 31.1 Å². The number of nitrogens with zero attached hydrogens (tertiary/aromatic N) is 2. The van der Waals surface area contributed by atoms with Gasteiger partial charge in [0.15, 0.2) is 5.13 Å². The highest BCUT2D eigenvalue weighted by molar-refractivity contribution is 9.11. The minimum atomic E-state index is -0.103. The van der Waals surface area contributed by atoms with Gasteiger partial charge in [-0.3, -0.25) is 4.79 Å². The van der Waals surface area contributed by atoms with E-state index in [-0.39, 0.29) is 5.91 Å². The van der Waals surface area contributed by atoms with Crippen molar-refractivity contribution in [1.29, 1.82) is 0 Å². The summed E-state index contributed by atoms with van der Waals surface area (Å²) in [4.78, 5) is 19.2. The van der Waals surface area contributed by atoms with Crippen LogP contribution in [0.5, 0.6) is 0 Å². The lowest BCUT2D eigenvalue weighted by Gasteiger charge is -2.25. The first-order chi connectivity index (χ1) is 11.7. The number of fused-ring (bicyclic) bond motifs is 1. The van der Waals surface area contributed by atoms with E-state index in [4.69, 9.17) is 4.74 Å². The van der Waals surface area contributed by atoms with Gasteiger partial charge in [-0.05, 0) is 40.2 Å². The molecular formula is C16H14BrN3O2S2. The van der Waals surface area contributed by atoms with E-state index in [1.807, 2.05) is 29.6 Å². The Labute approximate surface area is 155 Å². The van der Waals surface area contributed by atoms with E-state index < -0.39 is 0 Å². The molecule has 1 fully saturated rings. The van der Waals surface area contributed by atoms with Crippen molar-refractivity contribution in [1.82, 2.24) is 4.98 Å². The summed E-state index contributed by atoms with van der Waals surface area (Å²) < 4.78 is 7.40. The Bertz CT molecular complexity index is 886. The molecule has 4 rings (SSSR count). The third kappa shape index (κ3) is 3.32. The molecule has 0 spiro atoms. The fourth-order valence-electron chi connectivity index (χ4n) is 2.51. The Kier molecular flexibility index (Phi) is 4.53. The van der Waals surface area contributed by atoms with Gasteiger partial charge >= 0.3 is 0 Å². The summed E-state index contributed by atoms with van der Waals surface area (Å²) in [7, 11) is 0. The zero-order chi connectivity index (χ0) is 16.5. The number of hydrogen-bond donors (Lipinski definition) is 1. The molecule has 1 saturated heterocycles. The molecule has 1 aliphatic rings. The fraction of sp³-hybridized carbons (Fsp3) is 0.250. The van der Waals surface area contributed by atoms with Gasteiger partial charge in [0, 0.05) is 24.2 Å². The molecule has 24 heavy (non-hydrogen) atoms. The molecule has 124 valence electrons. The Hall–Kier alpha value is -1.48. The average molecular weight is 424 g/mol. The molecule has 0 saturated carbocycles. The number of benzene rings is 1. The first-order valence-electron chi connectivity index (χ1n) is 7.48. The maximum Gasteiger partial charge on any atom is 0.256 e. The lowest BCUT2D eigenvalue weighted by Crippen LogP contribution is -2.36. The van der Waals surface area contributed by atoms with Crippen molar-refractivity contribution in [2.75, 3.05) is 36.5 Å². The Balaban J connectivity index is 1.55. The van der Waals surface area contributed by atoms with Crippen LogP contribution in [0.4, 0.5) is 10.8 Å². The Morgan fingerprint density at radius 3 is 2.88 bits per heavy atom. The molecule has 0 unspecified atom stereocenters. The van der Waals surface area contributed by atoms with Crippen LogP contribution < -0.4 is 10.2 Å². The van der Waals surface area contributed by atoms with Crippen LogP contribution in [0, 0.1) is 0 Å². The molecule has 0 atom stereocenters. The van der Waals surface area contributed by atoms with Gasteiger partial charge in [0.25, 0.3) is 5.91 Å². The number of thiophene rings is 1. The zero-order valence-corrected chi connectivity index (χ0v) is 15.8. The molecule has 3 heterocycles. The molecular weight excluding hydrogens is 410 g/mol. The second kappa shape index (κ2) is 6.79. The number of thiazole rings is 1. The maximum absolute atomic E-state index is 12.3. The normalized spacial score (nSPS) is 15.0. The molecule has 0 bridgehead atoms. The molecule has 0 aliphatic carbocycles. The summed E-state index contributed by atoms with van der Waals surface area (Å²) in [5.74, 6) is -0.103. The Morgan fingerprint density at radius 2 is 2.12 bits per heavy atom. The second-order valence-electron chi connectivity index (χ2n) is 5.37. The molecule has 3 aromatic rings. The predicted octanol–water partition coefficient (Wildman–Crippen LogP) is 4.21. The largest absolute Gasteiger partial charge is 0.378 e. The van der Waals surface area contributed by atoms with Gasteiger partial charge in [0.05, 0.1) is 32.8 Å². The van der Waals surface area contributed by atoms with Crippen molar-refractivity contribution in [2.45, 2.75) is 0 Å². The number of rotatable bonds is 3. The fourth-order valence-corrected chi connectivity index (χ4v) is 4.71. The topological polar surface area (TPSA) is 54.5 Å². The number of amides is 1. The SMILES string of the molecule is O=C(Nc1ccc2nc(N3CCOCC3)sc2c1)c1csc(Br)c1. The third-order valence-corrected chi connectivity index (χ3v) is 6.33. The molecule has 2 aromatic heterocycles. The molecule has 1 aliphatic heterocycles. The van der Waals surface area contributed by atoms with Crippen molar-refractivity contribution in [3.63, 3.8) is 0 Å². The van der Waals surface area contributed by atoms with Gasteiger partial charge in [-0.2, -0.15) is 0 Å². The average Bonchev–Trinajstić information content (AvgIpc) is 3.21. The van der Waals surface area contributed by atoms with Crippen molar-refractivity contribution < 1.29 is 9.53 Å². The third-order valence-electron chi connectivity index (χ3n) is 3.75. The van der Waals surface area contributed by atoms with Crippen LogP contribution in [0.25, 0.3) is 10.2 Å². The van der Waals surface area contributed by atoms with Crippen LogP contribution in [0.1, 0.15) is 10.4 Å². The second-order valence-corrected chi connectivity index (χ2v) is 8.67. The first kappa shape index (κ1) is 16.0. The van der Waals surface area contributed by atoms with Crippen LogP contribution in [-0.2, 0) is 4.74 Å². The maximum atomic E-state index is 12.3. The molecule has 5 nitrogen and oxygen atoms in total. The van der Waals surface area contributed by atoms with Gasteiger partial charge in [-0.25, -0.2) is 4.98 Å². The quantitative estimate of drug-likeness (QED) is 0.685. The van der Waals surface area contributed by atoms with Crippen LogP contribution in [-0.4, -0.2) is 37.2 Å². The van der Waals surface area contributed by atoms with Crippen LogP contribution >= 0.6 is 38.6 Å². The van der Waals surface area contributed by atoms with Gasteiger partial charge < -0.3 is 15.0 Å².